The molecule has 1 rings (SSSR count). The molecule has 0 heterocycles. The van der Waals surface area contributed by atoms with Crippen molar-refractivity contribution in [2.24, 2.45) is 0 Å². The van der Waals surface area contributed by atoms with Crippen LogP contribution < -0.4 is 0 Å². The maximum atomic E-state index is 11.0. The van der Waals surface area contributed by atoms with Gasteiger partial charge in [-0.05, 0) is 42.9 Å². The van der Waals surface area contributed by atoms with E-state index in [4.69, 9.17) is 14.8 Å². The molecule has 0 aromatic heterocycles. The summed E-state index contributed by atoms with van der Waals surface area (Å²) in [7, 11) is -4.27. The quantitative estimate of drug-likeness (QED) is 0.591. The van der Waals surface area contributed by atoms with Crippen LogP contribution >= 0.6 is 0 Å². The first-order valence-electron chi connectivity index (χ1n) is 6.71. The molecule has 0 aliphatic rings. The number of carbonyl (C=O) groups is 2. The summed E-state index contributed by atoms with van der Waals surface area (Å²) in [6.07, 6.45) is 1.16. The van der Waals surface area contributed by atoms with Gasteiger partial charge in [-0.15, -0.1) is 0 Å². The van der Waals surface area contributed by atoms with Gasteiger partial charge in [0.25, 0.3) is 10.1 Å². The summed E-state index contributed by atoms with van der Waals surface area (Å²) in [6.45, 7) is 0. The first-order chi connectivity index (χ1) is 10.2. The number of hydrogen-bond acceptors (Lipinski definition) is 4. The van der Waals surface area contributed by atoms with Crippen molar-refractivity contribution in [3.8, 4) is 0 Å². The van der Waals surface area contributed by atoms with E-state index in [2.05, 4.69) is 0 Å². The number of aliphatic carboxylic acids is 2. The van der Waals surface area contributed by atoms with Crippen molar-refractivity contribution in [3.05, 3.63) is 29.8 Å². The van der Waals surface area contributed by atoms with Crippen LogP contribution in [0.1, 0.15) is 43.6 Å². The molecular formula is C14H18O7S. The average molecular weight is 330 g/mol. The minimum absolute atomic E-state index is 0.00727. The zero-order valence-electron chi connectivity index (χ0n) is 11.8. The Hall–Kier alpha value is -1.93. The van der Waals surface area contributed by atoms with Gasteiger partial charge in [0.1, 0.15) is 0 Å². The lowest BCUT2D eigenvalue weighted by Crippen LogP contribution is -2.06. The zero-order chi connectivity index (χ0) is 16.8. The van der Waals surface area contributed by atoms with Gasteiger partial charge in [-0.25, -0.2) is 0 Å². The van der Waals surface area contributed by atoms with Crippen molar-refractivity contribution in [1.29, 1.82) is 0 Å². The summed E-state index contributed by atoms with van der Waals surface area (Å²) in [5.41, 5.74) is 0.721. The molecule has 8 heteroatoms. The van der Waals surface area contributed by atoms with Gasteiger partial charge in [-0.3, -0.25) is 14.1 Å². The van der Waals surface area contributed by atoms with Gasteiger partial charge >= 0.3 is 11.9 Å². The molecule has 0 radical (unpaired) electrons. The van der Waals surface area contributed by atoms with Crippen LogP contribution in [0.4, 0.5) is 0 Å². The van der Waals surface area contributed by atoms with E-state index in [0.717, 1.165) is 5.56 Å². The summed E-state index contributed by atoms with van der Waals surface area (Å²) in [5, 5.41) is 17.4. The molecule has 0 saturated carbocycles. The van der Waals surface area contributed by atoms with E-state index < -0.39 is 22.1 Å². The van der Waals surface area contributed by atoms with Crippen LogP contribution in [0.25, 0.3) is 0 Å². The van der Waals surface area contributed by atoms with E-state index in [-0.39, 0.29) is 23.7 Å². The SMILES string of the molecule is O=C(O)CCCC(CCC(=O)O)c1ccc(S(=O)(=O)O)cc1. The van der Waals surface area contributed by atoms with Crippen molar-refractivity contribution in [1.82, 2.24) is 0 Å². The molecule has 7 nitrogen and oxygen atoms in total. The summed E-state index contributed by atoms with van der Waals surface area (Å²) >= 11 is 0. The lowest BCUT2D eigenvalue weighted by atomic mass is 9.89. The molecule has 0 spiro atoms. The van der Waals surface area contributed by atoms with Crippen LogP contribution in [0.5, 0.6) is 0 Å². The van der Waals surface area contributed by atoms with E-state index >= 15 is 0 Å². The second-order valence-corrected chi connectivity index (χ2v) is 6.38. The van der Waals surface area contributed by atoms with Crippen LogP contribution in [-0.2, 0) is 19.7 Å². The summed E-state index contributed by atoms with van der Waals surface area (Å²) < 4.78 is 30.9. The number of benzene rings is 1. The predicted octanol–water partition coefficient (Wildman–Crippen LogP) is 2.14. The largest absolute Gasteiger partial charge is 0.481 e. The Bertz CT molecular complexity index is 619. The van der Waals surface area contributed by atoms with E-state index in [0.29, 0.717) is 19.3 Å². The molecule has 0 amide bonds. The molecule has 0 aliphatic carbocycles. The van der Waals surface area contributed by atoms with Crippen LogP contribution in [-0.4, -0.2) is 35.1 Å². The predicted molar refractivity (Wildman–Crippen MR) is 77.4 cm³/mol. The van der Waals surface area contributed by atoms with Crippen molar-refractivity contribution in [3.63, 3.8) is 0 Å². The Labute approximate surface area is 128 Å². The molecule has 3 N–H and O–H groups in total. The van der Waals surface area contributed by atoms with Crippen molar-refractivity contribution >= 4 is 22.1 Å². The summed E-state index contributed by atoms with van der Waals surface area (Å²) in [4.78, 5) is 21.0. The third-order valence-corrected chi connectivity index (χ3v) is 4.17. The third kappa shape index (κ3) is 6.23. The average Bonchev–Trinajstić information content (AvgIpc) is 2.41. The van der Waals surface area contributed by atoms with Gasteiger partial charge in [-0.1, -0.05) is 12.1 Å². The van der Waals surface area contributed by atoms with Gasteiger partial charge in [0.2, 0.25) is 0 Å². The Morgan fingerprint density at radius 2 is 1.50 bits per heavy atom. The lowest BCUT2D eigenvalue weighted by molar-refractivity contribution is -0.138. The fourth-order valence-electron chi connectivity index (χ4n) is 2.19. The van der Waals surface area contributed by atoms with Crippen LogP contribution in [0.2, 0.25) is 0 Å². The minimum atomic E-state index is -4.27. The first-order valence-corrected chi connectivity index (χ1v) is 8.15. The topological polar surface area (TPSA) is 129 Å². The van der Waals surface area contributed by atoms with Gasteiger partial charge in [0.15, 0.2) is 0 Å². The van der Waals surface area contributed by atoms with Gasteiger partial charge in [0.05, 0.1) is 4.90 Å². The lowest BCUT2D eigenvalue weighted by Gasteiger charge is -2.16. The highest BCUT2D eigenvalue weighted by Gasteiger charge is 2.16. The maximum Gasteiger partial charge on any atom is 0.303 e. The molecular weight excluding hydrogens is 312 g/mol. The van der Waals surface area contributed by atoms with E-state index in [1.807, 2.05) is 0 Å². The maximum absolute atomic E-state index is 11.0. The Kier molecular flexibility index (Phi) is 6.51. The van der Waals surface area contributed by atoms with Crippen LogP contribution in [0.3, 0.4) is 0 Å². The highest BCUT2D eigenvalue weighted by Crippen LogP contribution is 2.28. The molecule has 1 aromatic rings. The van der Waals surface area contributed by atoms with E-state index in [1.54, 1.807) is 0 Å². The molecule has 0 bridgehead atoms. The summed E-state index contributed by atoms with van der Waals surface area (Å²) in [5.74, 6) is -2.04. The van der Waals surface area contributed by atoms with Crippen LogP contribution in [0.15, 0.2) is 29.2 Å². The fraction of sp³-hybridized carbons (Fsp3) is 0.429. The van der Waals surface area contributed by atoms with Crippen LogP contribution in [0, 0.1) is 0 Å². The minimum Gasteiger partial charge on any atom is -0.481 e. The molecule has 122 valence electrons. The highest BCUT2D eigenvalue weighted by molar-refractivity contribution is 7.85. The normalized spacial score (nSPS) is 12.8. The number of carboxylic acid groups (broad SMARTS) is 2. The molecule has 1 atom stereocenters. The molecule has 0 fully saturated rings. The second-order valence-electron chi connectivity index (χ2n) is 4.96. The molecule has 1 unspecified atom stereocenters. The molecule has 0 aliphatic heterocycles. The molecule has 0 saturated heterocycles. The van der Waals surface area contributed by atoms with Crippen molar-refractivity contribution in [2.45, 2.75) is 42.9 Å². The van der Waals surface area contributed by atoms with Gasteiger partial charge in [0, 0.05) is 12.8 Å². The zero-order valence-corrected chi connectivity index (χ0v) is 12.6. The fourth-order valence-corrected chi connectivity index (χ4v) is 2.67. The smallest absolute Gasteiger partial charge is 0.303 e. The highest BCUT2D eigenvalue weighted by atomic mass is 32.2. The Morgan fingerprint density at radius 1 is 0.955 bits per heavy atom. The summed E-state index contributed by atoms with van der Waals surface area (Å²) in [6, 6.07) is 5.51. The van der Waals surface area contributed by atoms with Crippen molar-refractivity contribution in [2.75, 3.05) is 0 Å². The number of hydrogen-bond donors (Lipinski definition) is 3. The Morgan fingerprint density at radius 3 is 1.95 bits per heavy atom. The second kappa shape index (κ2) is 7.90. The van der Waals surface area contributed by atoms with Gasteiger partial charge < -0.3 is 10.2 Å². The standard InChI is InChI=1S/C14H18O7S/c15-13(16)3-1-2-10(6-9-14(17)18)11-4-7-12(8-5-11)22(19,20)21/h4-5,7-8,10H,1-3,6,9H2,(H,15,16)(H,17,18)(H,19,20,21). The van der Waals surface area contributed by atoms with E-state index in [9.17, 15) is 18.0 Å². The first kappa shape index (κ1) is 18.1. The van der Waals surface area contributed by atoms with Gasteiger partial charge in [-0.2, -0.15) is 8.42 Å². The Balaban J connectivity index is 2.84. The number of carboxylic acids is 2. The van der Waals surface area contributed by atoms with Crippen molar-refractivity contribution < 1.29 is 32.8 Å². The number of rotatable bonds is 9. The van der Waals surface area contributed by atoms with E-state index in [1.165, 1.54) is 24.3 Å². The monoisotopic (exact) mass is 330 g/mol. The molecule has 1 aromatic carbocycles. The molecule has 22 heavy (non-hydrogen) atoms. The third-order valence-electron chi connectivity index (χ3n) is 3.30.